The van der Waals surface area contributed by atoms with Crippen molar-refractivity contribution in [1.82, 2.24) is 10.2 Å². The number of piperidine rings is 1. The molecule has 2 aromatic carbocycles. The van der Waals surface area contributed by atoms with Crippen LogP contribution in [-0.2, 0) is 16.0 Å². The second-order valence-electron chi connectivity index (χ2n) is 8.94. The zero-order valence-corrected chi connectivity index (χ0v) is 20.0. The number of fused-ring (bicyclic) bond motifs is 2. The lowest BCUT2D eigenvalue weighted by atomic mass is 9.86. The fraction of sp³-hybridized carbons (Fsp3) is 0.360. The molecular weight excluding hydrogens is 470 g/mol. The summed E-state index contributed by atoms with van der Waals surface area (Å²) in [7, 11) is 1.77. The Bertz CT molecular complexity index is 1230. The molecule has 0 bridgehead atoms. The van der Waals surface area contributed by atoms with Gasteiger partial charge in [0.2, 0.25) is 0 Å². The van der Waals surface area contributed by atoms with Crippen LogP contribution in [0.15, 0.2) is 47.6 Å². The molecule has 3 amide bonds. The molecule has 2 unspecified atom stereocenters. The van der Waals surface area contributed by atoms with Crippen molar-refractivity contribution in [3.8, 4) is 0 Å². The fourth-order valence-corrected chi connectivity index (χ4v) is 5.18. The molecule has 1 saturated heterocycles. The number of hydrazone groups is 1. The lowest BCUT2D eigenvalue weighted by Gasteiger charge is -2.38. The van der Waals surface area contributed by atoms with E-state index in [2.05, 4.69) is 10.4 Å². The number of nitrogens with zero attached hydrogens (tertiary/aromatic N) is 4. The van der Waals surface area contributed by atoms with Crippen LogP contribution in [0.25, 0.3) is 0 Å². The number of carbonyl (C=O) groups excluding carboxylic acids is 3. The van der Waals surface area contributed by atoms with Gasteiger partial charge in [0.25, 0.3) is 17.7 Å². The maximum Gasteiger partial charge on any atom is 0.267 e. The molecular formula is C25H26ClN5O4. The molecule has 3 heterocycles. The second kappa shape index (κ2) is 9.31. The molecule has 9 nitrogen and oxygen atoms in total. The molecule has 1 fully saturated rings. The van der Waals surface area contributed by atoms with Crippen molar-refractivity contribution >= 4 is 46.4 Å². The third-order valence-electron chi connectivity index (χ3n) is 6.80. The summed E-state index contributed by atoms with van der Waals surface area (Å²) in [5, 5.41) is 18.4. The van der Waals surface area contributed by atoms with Gasteiger partial charge in [-0.05, 0) is 48.7 Å². The summed E-state index contributed by atoms with van der Waals surface area (Å²) in [5.41, 5.74) is 3.12. The van der Waals surface area contributed by atoms with E-state index >= 15 is 0 Å². The maximum absolute atomic E-state index is 13.9. The molecule has 2 atom stereocenters. The fourth-order valence-electron chi connectivity index (χ4n) is 4.99. The van der Waals surface area contributed by atoms with Crippen LogP contribution in [0, 0.1) is 5.92 Å². The third kappa shape index (κ3) is 4.15. The molecule has 2 N–H and O–H groups in total. The Morgan fingerprint density at radius 3 is 2.77 bits per heavy atom. The molecule has 2 aromatic rings. The zero-order valence-electron chi connectivity index (χ0n) is 19.3. The topological polar surface area (TPSA) is 106 Å². The summed E-state index contributed by atoms with van der Waals surface area (Å²) in [6.45, 7) is 0.970. The van der Waals surface area contributed by atoms with Gasteiger partial charge in [-0.1, -0.05) is 23.7 Å². The van der Waals surface area contributed by atoms with Crippen LogP contribution in [0.1, 0.15) is 22.3 Å². The molecule has 5 rings (SSSR count). The van der Waals surface area contributed by atoms with E-state index < -0.39 is 17.9 Å². The van der Waals surface area contributed by atoms with Crippen molar-refractivity contribution in [1.29, 1.82) is 0 Å². The Kier molecular flexibility index (Phi) is 6.21. The maximum atomic E-state index is 13.9. The SMILES string of the molecule is CN1CCc2ccc(N3CCC4C(C(=O)NCCO)=NN(c5cccc(Cl)c5)C4C3=O)cc2C1=O. The first-order valence-corrected chi connectivity index (χ1v) is 12.0. The first-order chi connectivity index (χ1) is 16.9. The minimum atomic E-state index is -0.730. The number of rotatable bonds is 5. The molecule has 3 aliphatic heterocycles. The van der Waals surface area contributed by atoms with Crippen LogP contribution in [0.3, 0.4) is 0 Å². The van der Waals surface area contributed by atoms with Gasteiger partial charge >= 0.3 is 0 Å². The highest BCUT2D eigenvalue weighted by Crippen LogP contribution is 2.37. The molecule has 0 aliphatic carbocycles. The van der Waals surface area contributed by atoms with Crippen molar-refractivity contribution < 1.29 is 19.5 Å². The highest BCUT2D eigenvalue weighted by Gasteiger charge is 2.49. The van der Waals surface area contributed by atoms with Gasteiger partial charge in [-0.25, -0.2) is 0 Å². The van der Waals surface area contributed by atoms with E-state index in [-0.39, 0.29) is 30.7 Å². The third-order valence-corrected chi connectivity index (χ3v) is 7.03. The standard InChI is InChI=1S/C25H26ClN5O4/c1-29-10-7-15-5-6-17(14-20(15)24(29)34)30-11-8-19-21(23(33)27-9-12-32)28-31(22(19)25(30)35)18-4-2-3-16(26)13-18/h2-6,13-14,19,22,32H,7-12H2,1H3,(H,27,33). The van der Waals surface area contributed by atoms with E-state index in [1.165, 1.54) is 0 Å². The molecule has 0 spiro atoms. The van der Waals surface area contributed by atoms with Crippen LogP contribution in [0.2, 0.25) is 5.02 Å². The Morgan fingerprint density at radius 1 is 1.17 bits per heavy atom. The van der Waals surface area contributed by atoms with Gasteiger partial charge < -0.3 is 20.2 Å². The number of likely N-dealkylation sites (N-methyl/N-ethyl adjacent to an activating group) is 1. The number of amides is 3. The van der Waals surface area contributed by atoms with Crippen molar-refractivity contribution in [3.05, 3.63) is 58.6 Å². The Morgan fingerprint density at radius 2 is 2.00 bits per heavy atom. The minimum absolute atomic E-state index is 0.0528. The number of halogens is 1. The van der Waals surface area contributed by atoms with Gasteiger partial charge in [0.1, 0.15) is 11.8 Å². The van der Waals surface area contributed by atoms with Crippen molar-refractivity contribution in [3.63, 3.8) is 0 Å². The normalized spacial score (nSPS) is 21.6. The number of aliphatic hydroxyl groups is 1. The lowest BCUT2D eigenvalue weighted by molar-refractivity contribution is -0.121. The average Bonchev–Trinajstić information content (AvgIpc) is 3.26. The summed E-state index contributed by atoms with van der Waals surface area (Å²) in [6, 6.07) is 11.9. The average molecular weight is 496 g/mol. The van der Waals surface area contributed by atoms with E-state index in [0.717, 1.165) is 12.0 Å². The highest BCUT2D eigenvalue weighted by molar-refractivity contribution is 6.41. The summed E-state index contributed by atoms with van der Waals surface area (Å²) in [5.74, 6) is -1.07. The summed E-state index contributed by atoms with van der Waals surface area (Å²) < 4.78 is 0. The number of carbonyl (C=O) groups is 3. The van der Waals surface area contributed by atoms with E-state index in [9.17, 15) is 14.4 Å². The number of hydrogen-bond acceptors (Lipinski definition) is 6. The number of hydrogen-bond donors (Lipinski definition) is 2. The van der Waals surface area contributed by atoms with Crippen LogP contribution in [-0.4, -0.2) is 72.8 Å². The van der Waals surface area contributed by atoms with Crippen LogP contribution in [0.5, 0.6) is 0 Å². The Balaban J connectivity index is 1.49. The van der Waals surface area contributed by atoms with E-state index in [0.29, 0.717) is 41.5 Å². The molecule has 0 saturated carbocycles. The lowest BCUT2D eigenvalue weighted by Crippen LogP contribution is -2.55. The van der Waals surface area contributed by atoms with Gasteiger partial charge in [0, 0.05) is 48.9 Å². The smallest absolute Gasteiger partial charge is 0.267 e. The second-order valence-corrected chi connectivity index (χ2v) is 9.37. The van der Waals surface area contributed by atoms with Crippen molar-refractivity contribution in [2.24, 2.45) is 11.0 Å². The molecule has 10 heteroatoms. The zero-order chi connectivity index (χ0) is 24.7. The van der Waals surface area contributed by atoms with E-state index in [1.54, 1.807) is 52.2 Å². The van der Waals surface area contributed by atoms with Crippen LogP contribution < -0.4 is 15.2 Å². The molecule has 3 aliphatic rings. The van der Waals surface area contributed by atoms with Crippen molar-refractivity contribution in [2.45, 2.75) is 18.9 Å². The molecule has 35 heavy (non-hydrogen) atoms. The van der Waals surface area contributed by atoms with Gasteiger partial charge in [-0.2, -0.15) is 5.10 Å². The Hall–Kier alpha value is -3.43. The number of benzene rings is 2. The molecule has 0 aromatic heterocycles. The predicted molar refractivity (Wildman–Crippen MR) is 133 cm³/mol. The van der Waals surface area contributed by atoms with Gasteiger partial charge in [0.15, 0.2) is 0 Å². The first kappa shape index (κ1) is 23.3. The first-order valence-electron chi connectivity index (χ1n) is 11.6. The largest absolute Gasteiger partial charge is 0.395 e. The van der Waals surface area contributed by atoms with Gasteiger partial charge in [-0.3, -0.25) is 19.4 Å². The van der Waals surface area contributed by atoms with Gasteiger partial charge in [0.05, 0.1) is 12.3 Å². The Labute approximate surface area is 207 Å². The summed E-state index contributed by atoms with van der Waals surface area (Å²) >= 11 is 6.21. The minimum Gasteiger partial charge on any atom is -0.395 e. The predicted octanol–water partition coefficient (Wildman–Crippen LogP) is 1.67. The quantitative estimate of drug-likeness (QED) is 0.656. The summed E-state index contributed by atoms with van der Waals surface area (Å²) in [6.07, 6.45) is 1.29. The van der Waals surface area contributed by atoms with Gasteiger partial charge in [-0.15, -0.1) is 0 Å². The van der Waals surface area contributed by atoms with Crippen LogP contribution >= 0.6 is 11.6 Å². The highest BCUT2D eigenvalue weighted by atomic mass is 35.5. The molecule has 182 valence electrons. The number of aliphatic hydroxyl groups excluding tert-OH is 1. The van der Waals surface area contributed by atoms with Crippen molar-refractivity contribution in [2.75, 3.05) is 43.2 Å². The number of nitrogens with one attached hydrogen (secondary N) is 1. The summed E-state index contributed by atoms with van der Waals surface area (Å²) in [4.78, 5) is 42.8. The monoisotopic (exact) mass is 495 g/mol. The van der Waals surface area contributed by atoms with E-state index in [1.807, 2.05) is 12.1 Å². The van der Waals surface area contributed by atoms with E-state index in [4.69, 9.17) is 16.7 Å². The number of anilines is 2. The molecule has 0 radical (unpaired) electrons. The van der Waals surface area contributed by atoms with Crippen LogP contribution in [0.4, 0.5) is 11.4 Å².